The number of aromatic nitrogens is 4. The Bertz CT molecular complexity index is 1320. The average Bonchev–Trinajstić information content (AvgIpc) is 3.30. The monoisotopic (exact) mass is 441 g/mol. The number of nitrogens with one attached hydrogen (secondary N) is 1. The number of nitrogens with two attached hydrogens (primary N) is 1. The number of hydrogen-bond donors (Lipinski definition) is 2. The Morgan fingerprint density at radius 1 is 1.15 bits per heavy atom. The molecule has 7 heteroatoms. The number of aromatic amines is 1. The number of carbonyl (C=O) groups excluding carboxylic acids is 1. The van der Waals surface area contributed by atoms with Crippen molar-refractivity contribution in [3.8, 4) is 22.6 Å². The van der Waals surface area contributed by atoms with E-state index in [1.165, 1.54) is 0 Å². The van der Waals surface area contributed by atoms with Crippen LogP contribution < -0.4 is 5.73 Å². The van der Waals surface area contributed by atoms with Crippen molar-refractivity contribution in [2.24, 2.45) is 5.73 Å². The Morgan fingerprint density at radius 3 is 2.76 bits per heavy atom. The van der Waals surface area contributed by atoms with Gasteiger partial charge in [0.1, 0.15) is 6.10 Å². The van der Waals surface area contributed by atoms with E-state index in [2.05, 4.69) is 26.9 Å². The van der Waals surface area contributed by atoms with E-state index in [1.807, 2.05) is 49.4 Å². The first kappa shape index (κ1) is 21.3. The van der Waals surface area contributed by atoms with Gasteiger partial charge in [-0.15, -0.1) is 0 Å². The minimum absolute atomic E-state index is 0.0930. The first-order valence-electron chi connectivity index (χ1n) is 11.3. The Hall–Kier alpha value is -3.58. The number of imidazole rings is 1. The fourth-order valence-corrected chi connectivity index (χ4v) is 4.37. The lowest BCUT2D eigenvalue weighted by Gasteiger charge is -2.33. The van der Waals surface area contributed by atoms with Gasteiger partial charge < -0.3 is 15.5 Å². The van der Waals surface area contributed by atoms with Crippen molar-refractivity contribution in [2.75, 3.05) is 0 Å². The molecule has 3 heterocycles. The zero-order valence-electron chi connectivity index (χ0n) is 18.8. The second kappa shape index (κ2) is 8.41. The highest BCUT2D eigenvalue weighted by Crippen LogP contribution is 2.31. The van der Waals surface area contributed by atoms with Crippen LogP contribution in [0.1, 0.15) is 48.7 Å². The van der Waals surface area contributed by atoms with Gasteiger partial charge in [-0.05, 0) is 69.9 Å². The molecule has 168 valence electrons. The lowest BCUT2D eigenvalue weighted by molar-refractivity contribution is 0.0152. The molecule has 0 spiro atoms. The van der Waals surface area contributed by atoms with Crippen molar-refractivity contribution in [3.05, 3.63) is 66.2 Å². The molecular weight excluding hydrogens is 414 g/mol. The summed E-state index contributed by atoms with van der Waals surface area (Å²) in [7, 11) is 0. The maximum atomic E-state index is 12.8. The van der Waals surface area contributed by atoms with Crippen molar-refractivity contribution in [2.45, 2.75) is 51.2 Å². The Balaban J connectivity index is 1.41. The predicted octanol–water partition coefficient (Wildman–Crippen LogP) is 4.81. The Kier molecular flexibility index (Phi) is 5.42. The number of H-pyrrole nitrogens is 1. The largest absolute Gasteiger partial charge is 0.459 e. The summed E-state index contributed by atoms with van der Waals surface area (Å²) in [6.45, 7) is 4.01. The highest BCUT2D eigenvalue weighted by atomic mass is 16.5. The maximum Gasteiger partial charge on any atom is 0.339 e. The third-order valence-electron chi connectivity index (χ3n) is 6.32. The number of esters is 1. The van der Waals surface area contributed by atoms with Crippen LogP contribution in [-0.2, 0) is 4.74 Å². The molecule has 3 aromatic heterocycles. The molecule has 1 aromatic carbocycles. The van der Waals surface area contributed by atoms with Gasteiger partial charge in [0.25, 0.3) is 0 Å². The van der Waals surface area contributed by atoms with Crippen LogP contribution in [0.25, 0.3) is 33.5 Å². The molecule has 0 atom stereocenters. The van der Waals surface area contributed by atoms with Crippen LogP contribution >= 0.6 is 0 Å². The van der Waals surface area contributed by atoms with Gasteiger partial charge in [0.15, 0.2) is 0 Å². The second-order valence-electron chi connectivity index (χ2n) is 9.18. The molecular formula is C26H27N5O2. The molecule has 0 aliphatic heterocycles. The number of pyridine rings is 2. The first-order valence-corrected chi connectivity index (χ1v) is 11.3. The van der Waals surface area contributed by atoms with Crippen molar-refractivity contribution in [1.29, 1.82) is 0 Å². The van der Waals surface area contributed by atoms with Crippen molar-refractivity contribution < 1.29 is 9.53 Å². The minimum atomic E-state index is -0.343. The van der Waals surface area contributed by atoms with Crippen LogP contribution in [0.3, 0.4) is 0 Å². The highest BCUT2D eigenvalue weighted by Gasteiger charge is 2.29. The summed E-state index contributed by atoms with van der Waals surface area (Å²) < 4.78 is 5.75. The second-order valence-corrected chi connectivity index (χ2v) is 9.18. The van der Waals surface area contributed by atoms with Crippen molar-refractivity contribution in [1.82, 2.24) is 19.9 Å². The molecule has 1 saturated carbocycles. The van der Waals surface area contributed by atoms with Crippen LogP contribution in [0, 0.1) is 6.92 Å². The van der Waals surface area contributed by atoms with E-state index in [9.17, 15) is 4.79 Å². The number of ether oxygens (including phenoxy) is 1. The van der Waals surface area contributed by atoms with Gasteiger partial charge in [0.05, 0.1) is 34.5 Å². The molecule has 1 aliphatic carbocycles. The lowest BCUT2D eigenvalue weighted by Crippen LogP contribution is -2.42. The van der Waals surface area contributed by atoms with Crippen LogP contribution in [0.2, 0.25) is 0 Å². The van der Waals surface area contributed by atoms with Gasteiger partial charge in [0.2, 0.25) is 0 Å². The third kappa shape index (κ3) is 4.50. The van der Waals surface area contributed by atoms with Crippen LogP contribution in [0.15, 0.2) is 55.0 Å². The summed E-state index contributed by atoms with van der Waals surface area (Å²) in [5.74, 6) is -0.343. The fraction of sp³-hybridized carbons (Fsp3) is 0.308. The molecule has 5 rings (SSSR count). The highest BCUT2D eigenvalue weighted by molar-refractivity contribution is 5.95. The number of aryl methyl sites for hydroxylation is 1. The summed E-state index contributed by atoms with van der Waals surface area (Å²) in [6, 6.07) is 13.6. The van der Waals surface area contributed by atoms with E-state index in [4.69, 9.17) is 10.5 Å². The fourth-order valence-electron chi connectivity index (χ4n) is 4.37. The summed E-state index contributed by atoms with van der Waals surface area (Å²) in [5, 5.41) is 0.853. The molecule has 0 radical (unpaired) electrons. The number of rotatable bonds is 4. The summed E-state index contributed by atoms with van der Waals surface area (Å²) in [6.07, 6.45) is 6.44. The van der Waals surface area contributed by atoms with Crippen LogP contribution in [0.5, 0.6) is 0 Å². The van der Waals surface area contributed by atoms with Gasteiger partial charge in [-0.25, -0.2) is 9.78 Å². The molecule has 33 heavy (non-hydrogen) atoms. The predicted molar refractivity (Wildman–Crippen MR) is 128 cm³/mol. The normalized spacial score (nSPS) is 20.6. The molecule has 0 amide bonds. The van der Waals surface area contributed by atoms with Crippen LogP contribution in [0.4, 0.5) is 0 Å². The van der Waals surface area contributed by atoms with Crippen LogP contribution in [-0.4, -0.2) is 37.5 Å². The Labute approximate surface area is 192 Å². The molecule has 0 unspecified atom stereocenters. The first-order chi connectivity index (χ1) is 15.9. The quantitative estimate of drug-likeness (QED) is 0.440. The van der Waals surface area contributed by atoms with Gasteiger partial charge >= 0.3 is 5.97 Å². The van der Waals surface area contributed by atoms with E-state index >= 15 is 0 Å². The molecule has 4 aromatic rings. The molecule has 0 saturated heterocycles. The van der Waals surface area contributed by atoms with E-state index in [0.717, 1.165) is 64.9 Å². The minimum Gasteiger partial charge on any atom is -0.459 e. The van der Waals surface area contributed by atoms with Gasteiger partial charge in [-0.1, -0.05) is 12.1 Å². The number of nitrogens with zero attached hydrogens (tertiary/aromatic N) is 3. The zero-order valence-corrected chi connectivity index (χ0v) is 18.8. The molecule has 1 aliphatic rings. The maximum absolute atomic E-state index is 12.8. The van der Waals surface area contributed by atoms with E-state index < -0.39 is 0 Å². The van der Waals surface area contributed by atoms with Crippen molar-refractivity contribution in [3.63, 3.8) is 0 Å². The smallest absolute Gasteiger partial charge is 0.339 e. The molecule has 3 N–H and O–H groups in total. The van der Waals surface area contributed by atoms with E-state index in [-0.39, 0.29) is 17.6 Å². The average molecular weight is 442 g/mol. The summed E-state index contributed by atoms with van der Waals surface area (Å²) in [4.78, 5) is 29.6. The van der Waals surface area contributed by atoms with Gasteiger partial charge in [-0.3, -0.25) is 9.97 Å². The number of carbonyl (C=O) groups is 1. The number of hydrogen-bond acceptors (Lipinski definition) is 6. The number of benzene rings is 1. The summed E-state index contributed by atoms with van der Waals surface area (Å²) >= 11 is 0. The molecule has 1 fully saturated rings. The SMILES string of the molecule is Cc1cccc(-c2[nH]cnc2-c2ccc3ncc(C(=O)O[C@H]4CC[C@](C)(N)CC4)cc3c2)n1. The van der Waals surface area contributed by atoms with E-state index in [0.29, 0.717) is 5.56 Å². The van der Waals surface area contributed by atoms with Gasteiger partial charge in [0, 0.05) is 28.4 Å². The molecule has 0 bridgehead atoms. The third-order valence-corrected chi connectivity index (χ3v) is 6.32. The zero-order chi connectivity index (χ0) is 23.0. The van der Waals surface area contributed by atoms with Gasteiger partial charge in [-0.2, -0.15) is 0 Å². The van der Waals surface area contributed by atoms with Crippen molar-refractivity contribution >= 4 is 16.9 Å². The lowest BCUT2D eigenvalue weighted by atomic mass is 9.83. The number of fused-ring (bicyclic) bond motifs is 1. The topological polar surface area (TPSA) is 107 Å². The van der Waals surface area contributed by atoms with E-state index in [1.54, 1.807) is 12.5 Å². The molecule has 7 nitrogen and oxygen atoms in total. The Morgan fingerprint density at radius 2 is 1.97 bits per heavy atom. The standard InChI is InChI=1S/C26H27N5O2/c1-16-4-3-5-22(31-16)24-23(29-15-30-24)17-6-7-21-18(12-17)13-19(14-28-21)25(32)33-20-8-10-26(2,27)11-9-20/h3-7,12-15,20H,8-11,27H2,1-2H3,(H,29,30)/t20-,26-. The summed E-state index contributed by atoms with van der Waals surface area (Å²) in [5.41, 5.74) is 11.6.